The van der Waals surface area contributed by atoms with Gasteiger partial charge in [-0.25, -0.2) is 0 Å². The molecule has 0 radical (unpaired) electrons. The first-order valence-electron chi connectivity index (χ1n) is 4.22. The molecular weight excluding hydrogens is 166 g/mol. The molecule has 1 rings (SSSR count). The molecule has 0 saturated carbocycles. The van der Waals surface area contributed by atoms with Gasteiger partial charge in [0.1, 0.15) is 0 Å². The van der Waals surface area contributed by atoms with Gasteiger partial charge in [-0.2, -0.15) is 12.6 Å². The Labute approximate surface area is 79.6 Å². The number of thiol groups is 1. The van der Waals surface area contributed by atoms with Crippen LogP contribution in [0.4, 0.5) is 0 Å². The van der Waals surface area contributed by atoms with Gasteiger partial charge in [-0.1, -0.05) is 31.2 Å². The van der Waals surface area contributed by atoms with Gasteiger partial charge in [0.05, 0.1) is 5.37 Å². The number of hydrogen-bond acceptors (Lipinski definition) is 2. The minimum Gasteiger partial charge on any atom is -0.305 e. The summed E-state index contributed by atoms with van der Waals surface area (Å²) in [6, 6.07) is 8.53. The first kappa shape index (κ1) is 9.62. The molecule has 1 nitrogen and oxygen atoms in total. The van der Waals surface area contributed by atoms with Crippen molar-refractivity contribution in [2.75, 3.05) is 7.05 Å². The van der Waals surface area contributed by atoms with Gasteiger partial charge in [-0.05, 0) is 24.6 Å². The number of rotatable bonds is 3. The summed E-state index contributed by atoms with van der Waals surface area (Å²) in [7, 11) is 1.91. The minimum atomic E-state index is 0.149. The molecule has 1 N–H and O–H groups in total. The second-order valence-corrected chi connectivity index (χ2v) is 3.30. The average molecular weight is 181 g/mol. The SMILES string of the molecule is CCc1ccc(C(S)NC)cc1. The van der Waals surface area contributed by atoms with E-state index >= 15 is 0 Å². The molecule has 0 aliphatic rings. The van der Waals surface area contributed by atoms with E-state index in [4.69, 9.17) is 0 Å². The average Bonchev–Trinajstić information content (AvgIpc) is 2.17. The van der Waals surface area contributed by atoms with E-state index in [0.717, 1.165) is 6.42 Å². The van der Waals surface area contributed by atoms with Gasteiger partial charge >= 0.3 is 0 Å². The zero-order valence-electron chi connectivity index (χ0n) is 7.54. The van der Waals surface area contributed by atoms with Crippen LogP contribution in [0.1, 0.15) is 23.4 Å². The Kier molecular flexibility index (Phi) is 3.63. The van der Waals surface area contributed by atoms with E-state index in [0.29, 0.717) is 0 Å². The maximum Gasteiger partial charge on any atom is 0.0757 e. The van der Waals surface area contributed by atoms with Crippen molar-refractivity contribution >= 4 is 12.6 Å². The van der Waals surface area contributed by atoms with Crippen LogP contribution in [0.5, 0.6) is 0 Å². The molecule has 1 aromatic rings. The lowest BCUT2D eigenvalue weighted by Crippen LogP contribution is -2.09. The molecule has 66 valence electrons. The summed E-state index contributed by atoms with van der Waals surface area (Å²) in [5, 5.41) is 3.23. The molecular formula is C10H15NS. The van der Waals surface area contributed by atoms with E-state index in [9.17, 15) is 0 Å². The van der Waals surface area contributed by atoms with Crippen LogP contribution >= 0.6 is 12.6 Å². The van der Waals surface area contributed by atoms with Gasteiger partial charge in [0.2, 0.25) is 0 Å². The Balaban J connectivity index is 2.77. The molecule has 2 heteroatoms. The maximum absolute atomic E-state index is 4.37. The predicted molar refractivity (Wildman–Crippen MR) is 56.6 cm³/mol. The Morgan fingerprint density at radius 1 is 1.33 bits per heavy atom. The topological polar surface area (TPSA) is 12.0 Å². The molecule has 0 amide bonds. The molecule has 0 heterocycles. The highest BCUT2D eigenvalue weighted by atomic mass is 32.1. The lowest BCUT2D eigenvalue weighted by Gasteiger charge is -2.09. The molecule has 1 atom stereocenters. The van der Waals surface area contributed by atoms with Crippen molar-refractivity contribution < 1.29 is 0 Å². The first-order valence-corrected chi connectivity index (χ1v) is 4.73. The van der Waals surface area contributed by atoms with E-state index in [-0.39, 0.29) is 5.37 Å². The first-order chi connectivity index (χ1) is 5.77. The third-order valence-corrected chi connectivity index (χ3v) is 2.53. The van der Waals surface area contributed by atoms with Crippen LogP contribution in [0.25, 0.3) is 0 Å². The van der Waals surface area contributed by atoms with Crippen LogP contribution in [0.2, 0.25) is 0 Å². The fourth-order valence-electron chi connectivity index (χ4n) is 1.10. The Hall–Kier alpha value is -0.470. The van der Waals surface area contributed by atoms with Crippen LogP contribution in [0.15, 0.2) is 24.3 Å². The van der Waals surface area contributed by atoms with Crippen LogP contribution in [0.3, 0.4) is 0 Å². The van der Waals surface area contributed by atoms with Crippen LogP contribution in [0, 0.1) is 0 Å². The number of aryl methyl sites for hydroxylation is 1. The van der Waals surface area contributed by atoms with E-state index < -0.39 is 0 Å². The molecule has 1 unspecified atom stereocenters. The second kappa shape index (κ2) is 4.53. The highest BCUT2D eigenvalue weighted by molar-refractivity contribution is 7.80. The summed E-state index contributed by atoms with van der Waals surface area (Å²) in [6.07, 6.45) is 1.09. The summed E-state index contributed by atoms with van der Waals surface area (Å²) in [5.74, 6) is 0. The molecule has 12 heavy (non-hydrogen) atoms. The smallest absolute Gasteiger partial charge is 0.0757 e. The summed E-state index contributed by atoms with van der Waals surface area (Å²) >= 11 is 4.37. The van der Waals surface area contributed by atoms with Gasteiger partial charge in [-0.3, -0.25) is 0 Å². The highest BCUT2D eigenvalue weighted by Gasteiger charge is 2.01. The van der Waals surface area contributed by atoms with E-state index in [1.807, 2.05) is 7.05 Å². The van der Waals surface area contributed by atoms with Gasteiger partial charge in [0, 0.05) is 0 Å². The van der Waals surface area contributed by atoms with Crippen molar-refractivity contribution in [3.05, 3.63) is 35.4 Å². The van der Waals surface area contributed by atoms with Crippen molar-refractivity contribution in [1.29, 1.82) is 0 Å². The van der Waals surface area contributed by atoms with E-state index in [2.05, 4.69) is 49.1 Å². The number of nitrogens with one attached hydrogen (secondary N) is 1. The Morgan fingerprint density at radius 3 is 2.33 bits per heavy atom. The fraction of sp³-hybridized carbons (Fsp3) is 0.400. The molecule has 0 bridgehead atoms. The fourth-order valence-corrected chi connectivity index (χ4v) is 1.27. The summed E-state index contributed by atoms with van der Waals surface area (Å²) in [4.78, 5) is 0. The van der Waals surface area contributed by atoms with Crippen LogP contribution in [-0.2, 0) is 6.42 Å². The quantitative estimate of drug-likeness (QED) is 0.539. The molecule has 1 aromatic carbocycles. The third kappa shape index (κ3) is 2.26. The zero-order chi connectivity index (χ0) is 8.97. The lowest BCUT2D eigenvalue weighted by molar-refractivity contribution is 0.800. The van der Waals surface area contributed by atoms with Gasteiger partial charge in [0.15, 0.2) is 0 Å². The van der Waals surface area contributed by atoms with Crippen molar-refractivity contribution in [3.8, 4) is 0 Å². The third-order valence-electron chi connectivity index (χ3n) is 1.98. The van der Waals surface area contributed by atoms with Crippen molar-refractivity contribution in [2.24, 2.45) is 0 Å². The minimum absolute atomic E-state index is 0.149. The lowest BCUT2D eigenvalue weighted by atomic mass is 10.1. The maximum atomic E-state index is 4.37. The zero-order valence-corrected chi connectivity index (χ0v) is 8.44. The van der Waals surface area contributed by atoms with Crippen LogP contribution < -0.4 is 5.32 Å². The van der Waals surface area contributed by atoms with E-state index in [1.165, 1.54) is 11.1 Å². The van der Waals surface area contributed by atoms with E-state index in [1.54, 1.807) is 0 Å². The highest BCUT2D eigenvalue weighted by Crippen LogP contribution is 2.16. The molecule has 0 spiro atoms. The summed E-state index contributed by atoms with van der Waals surface area (Å²) in [6.45, 7) is 2.16. The van der Waals surface area contributed by atoms with Crippen molar-refractivity contribution in [3.63, 3.8) is 0 Å². The number of benzene rings is 1. The summed E-state index contributed by atoms with van der Waals surface area (Å²) < 4.78 is 0. The Morgan fingerprint density at radius 2 is 1.92 bits per heavy atom. The predicted octanol–water partition coefficient (Wildman–Crippen LogP) is 2.40. The number of hydrogen-bond donors (Lipinski definition) is 2. The van der Waals surface area contributed by atoms with Gasteiger partial charge in [-0.15, -0.1) is 0 Å². The largest absolute Gasteiger partial charge is 0.305 e. The molecule has 0 aliphatic heterocycles. The molecule has 0 aliphatic carbocycles. The molecule has 0 aromatic heterocycles. The molecule has 0 fully saturated rings. The van der Waals surface area contributed by atoms with Gasteiger partial charge < -0.3 is 5.32 Å². The second-order valence-electron chi connectivity index (χ2n) is 2.79. The Bertz CT molecular complexity index is 230. The normalized spacial score (nSPS) is 12.9. The van der Waals surface area contributed by atoms with Gasteiger partial charge in [0.25, 0.3) is 0 Å². The van der Waals surface area contributed by atoms with Crippen LogP contribution in [-0.4, -0.2) is 7.05 Å². The molecule has 0 saturated heterocycles. The summed E-state index contributed by atoms with van der Waals surface area (Å²) in [5.41, 5.74) is 2.59. The van der Waals surface area contributed by atoms with Crippen molar-refractivity contribution in [1.82, 2.24) is 5.32 Å². The van der Waals surface area contributed by atoms with Crippen molar-refractivity contribution in [2.45, 2.75) is 18.7 Å². The standard InChI is InChI=1S/C10H15NS/c1-3-8-4-6-9(7-5-8)10(12)11-2/h4-7,10-12H,3H2,1-2H3. The monoisotopic (exact) mass is 181 g/mol.